The van der Waals surface area contributed by atoms with Crippen LogP contribution in [0.25, 0.3) is 10.8 Å². The van der Waals surface area contributed by atoms with Crippen LogP contribution in [0.5, 0.6) is 5.75 Å². The van der Waals surface area contributed by atoms with Crippen LogP contribution in [0, 0.1) is 0 Å². The van der Waals surface area contributed by atoms with Gasteiger partial charge in [0.2, 0.25) is 0 Å². The molecular weight excluding hydrogens is 364 g/mol. The first-order valence-electron chi connectivity index (χ1n) is 9.84. The van der Waals surface area contributed by atoms with Gasteiger partial charge in [0.25, 0.3) is 11.8 Å². The van der Waals surface area contributed by atoms with E-state index >= 15 is 0 Å². The van der Waals surface area contributed by atoms with Crippen LogP contribution in [-0.4, -0.2) is 24.0 Å². The average Bonchev–Trinajstić information content (AvgIpc) is 2.73. The normalized spacial score (nSPS) is 12.8. The van der Waals surface area contributed by atoms with E-state index < -0.39 is 6.10 Å². The van der Waals surface area contributed by atoms with Crippen molar-refractivity contribution in [2.45, 2.75) is 39.3 Å². The minimum absolute atomic E-state index is 0.0569. The van der Waals surface area contributed by atoms with E-state index in [9.17, 15) is 9.59 Å². The number of fused-ring (bicyclic) bond motifs is 1. The number of amides is 2. The SMILES string of the molecule is CC[C@H](C)NC(=O)c1ccccc1NC(=O)[C@@H](C)Oc1ccc2ccccc2c1. The molecule has 2 N–H and O–H groups in total. The molecule has 0 bridgehead atoms. The van der Waals surface area contributed by atoms with Crippen LogP contribution in [0.3, 0.4) is 0 Å². The summed E-state index contributed by atoms with van der Waals surface area (Å²) in [6.07, 6.45) is 0.110. The van der Waals surface area contributed by atoms with Gasteiger partial charge in [0, 0.05) is 6.04 Å². The molecule has 0 saturated carbocycles. The van der Waals surface area contributed by atoms with Gasteiger partial charge in [0.05, 0.1) is 11.3 Å². The Labute approximate surface area is 171 Å². The van der Waals surface area contributed by atoms with Gasteiger partial charge in [-0.2, -0.15) is 0 Å². The number of hydrogen-bond acceptors (Lipinski definition) is 3. The van der Waals surface area contributed by atoms with E-state index in [2.05, 4.69) is 10.6 Å². The Morgan fingerprint density at radius 2 is 1.62 bits per heavy atom. The molecule has 29 heavy (non-hydrogen) atoms. The van der Waals surface area contributed by atoms with Crippen molar-refractivity contribution < 1.29 is 14.3 Å². The minimum Gasteiger partial charge on any atom is -0.481 e. The lowest BCUT2D eigenvalue weighted by molar-refractivity contribution is -0.122. The number of hydrogen-bond donors (Lipinski definition) is 2. The third-order valence-electron chi connectivity index (χ3n) is 4.82. The highest BCUT2D eigenvalue weighted by atomic mass is 16.5. The maximum Gasteiger partial charge on any atom is 0.265 e. The van der Waals surface area contributed by atoms with E-state index in [1.165, 1.54) is 0 Å². The molecule has 0 aromatic heterocycles. The highest BCUT2D eigenvalue weighted by Crippen LogP contribution is 2.22. The summed E-state index contributed by atoms with van der Waals surface area (Å²) in [6, 6.07) is 20.7. The summed E-state index contributed by atoms with van der Waals surface area (Å²) in [4.78, 5) is 25.2. The molecule has 3 aromatic rings. The number of rotatable bonds is 7. The molecule has 5 nitrogen and oxygen atoms in total. The molecule has 5 heteroatoms. The standard InChI is InChI=1S/C24H26N2O3/c1-4-16(2)25-24(28)21-11-7-8-12-22(21)26-23(27)17(3)29-20-14-13-18-9-5-6-10-19(18)15-20/h5-17H,4H2,1-3H3,(H,25,28)(H,26,27)/t16-,17+/m0/s1. The van der Waals surface area contributed by atoms with Gasteiger partial charge in [-0.05, 0) is 55.3 Å². The molecule has 2 amide bonds. The van der Waals surface area contributed by atoms with Gasteiger partial charge >= 0.3 is 0 Å². The number of anilines is 1. The van der Waals surface area contributed by atoms with Crippen molar-refractivity contribution in [3.05, 3.63) is 72.3 Å². The number of benzene rings is 3. The molecule has 0 unspecified atom stereocenters. The number of carbonyl (C=O) groups excluding carboxylic acids is 2. The molecule has 0 heterocycles. The van der Waals surface area contributed by atoms with Crippen LogP contribution < -0.4 is 15.4 Å². The Balaban J connectivity index is 1.70. The molecule has 0 radical (unpaired) electrons. The summed E-state index contributed by atoms with van der Waals surface area (Å²) >= 11 is 0. The van der Waals surface area contributed by atoms with Crippen molar-refractivity contribution in [2.24, 2.45) is 0 Å². The fourth-order valence-electron chi connectivity index (χ4n) is 2.93. The summed E-state index contributed by atoms with van der Waals surface area (Å²) in [5.74, 6) is 0.0921. The van der Waals surface area contributed by atoms with Crippen molar-refractivity contribution in [3.63, 3.8) is 0 Å². The summed E-state index contributed by atoms with van der Waals surface area (Å²) < 4.78 is 5.83. The quantitative estimate of drug-likeness (QED) is 0.610. The van der Waals surface area contributed by atoms with Gasteiger partial charge in [-0.3, -0.25) is 9.59 Å². The van der Waals surface area contributed by atoms with Crippen LogP contribution >= 0.6 is 0 Å². The second kappa shape index (κ2) is 9.24. The number of para-hydroxylation sites is 1. The number of nitrogens with one attached hydrogen (secondary N) is 2. The van der Waals surface area contributed by atoms with Gasteiger partial charge < -0.3 is 15.4 Å². The monoisotopic (exact) mass is 390 g/mol. The van der Waals surface area contributed by atoms with Crippen LogP contribution in [0.15, 0.2) is 66.7 Å². The Morgan fingerprint density at radius 1 is 0.931 bits per heavy atom. The molecule has 3 aromatic carbocycles. The largest absolute Gasteiger partial charge is 0.481 e. The minimum atomic E-state index is -0.721. The molecule has 2 atom stereocenters. The van der Waals surface area contributed by atoms with E-state index in [4.69, 9.17) is 4.74 Å². The van der Waals surface area contributed by atoms with Crippen LogP contribution in [0.1, 0.15) is 37.6 Å². The topological polar surface area (TPSA) is 67.4 Å². The van der Waals surface area contributed by atoms with Crippen molar-refractivity contribution in [1.29, 1.82) is 0 Å². The third-order valence-corrected chi connectivity index (χ3v) is 4.82. The molecule has 0 spiro atoms. The van der Waals surface area contributed by atoms with E-state index in [1.54, 1.807) is 31.2 Å². The summed E-state index contributed by atoms with van der Waals surface area (Å²) in [5.41, 5.74) is 0.895. The molecule has 0 fully saturated rings. The smallest absolute Gasteiger partial charge is 0.265 e. The fraction of sp³-hybridized carbons (Fsp3) is 0.250. The summed E-state index contributed by atoms with van der Waals surface area (Å²) in [6.45, 7) is 5.63. The van der Waals surface area contributed by atoms with Crippen molar-refractivity contribution in [1.82, 2.24) is 5.32 Å². The highest BCUT2D eigenvalue weighted by molar-refractivity contribution is 6.04. The zero-order chi connectivity index (χ0) is 20.8. The van der Waals surface area contributed by atoms with Crippen LogP contribution in [-0.2, 0) is 4.79 Å². The summed E-state index contributed by atoms with van der Waals surface area (Å²) in [5, 5.41) is 7.89. The van der Waals surface area contributed by atoms with E-state index in [1.807, 2.05) is 56.3 Å². The summed E-state index contributed by atoms with van der Waals surface area (Å²) in [7, 11) is 0. The molecule has 3 rings (SSSR count). The van der Waals surface area contributed by atoms with E-state index in [0.717, 1.165) is 17.2 Å². The second-order valence-electron chi connectivity index (χ2n) is 7.09. The van der Waals surface area contributed by atoms with Crippen molar-refractivity contribution in [2.75, 3.05) is 5.32 Å². The number of ether oxygens (including phenoxy) is 1. The molecule has 0 aliphatic heterocycles. The zero-order valence-electron chi connectivity index (χ0n) is 16.9. The maximum absolute atomic E-state index is 12.7. The van der Waals surface area contributed by atoms with Crippen LogP contribution in [0.4, 0.5) is 5.69 Å². The van der Waals surface area contributed by atoms with Crippen molar-refractivity contribution in [3.8, 4) is 5.75 Å². The molecule has 0 aliphatic carbocycles. The average molecular weight is 390 g/mol. The van der Waals surface area contributed by atoms with Gasteiger partial charge in [0.1, 0.15) is 5.75 Å². The molecule has 0 aliphatic rings. The Bertz CT molecular complexity index is 1020. The van der Waals surface area contributed by atoms with E-state index in [-0.39, 0.29) is 17.9 Å². The Morgan fingerprint density at radius 3 is 2.38 bits per heavy atom. The lowest BCUT2D eigenvalue weighted by Gasteiger charge is -2.17. The Kier molecular flexibility index (Phi) is 6.50. The predicted molar refractivity (Wildman–Crippen MR) is 116 cm³/mol. The lowest BCUT2D eigenvalue weighted by Crippen LogP contribution is -2.34. The predicted octanol–water partition coefficient (Wildman–Crippen LogP) is 4.77. The van der Waals surface area contributed by atoms with Gasteiger partial charge in [-0.25, -0.2) is 0 Å². The first-order chi connectivity index (χ1) is 14.0. The Hall–Kier alpha value is -3.34. The molecular formula is C24H26N2O3. The molecule has 150 valence electrons. The first kappa shape index (κ1) is 20.4. The van der Waals surface area contributed by atoms with Gasteiger partial charge in [-0.1, -0.05) is 49.4 Å². The maximum atomic E-state index is 12.7. The number of carbonyl (C=O) groups is 2. The van der Waals surface area contributed by atoms with Crippen LogP contribution in [0.2, 0.25) is 0 Å². The molecule has 0 saturated heterocycles. The van der Waals surface area contributed by atoms with Gasteiger partial charge in [0.15, 0.2) is 6.10 Å². The highest BCUT2D eigenvalue weighted by Gasteiger charge is 2.19. The zero-order valence-corrected chi connectivity index (χ0v) is 16.9. The van der Waals surface area contributed by atoms with Gasteiger partial charge in [-0.15, -0.1) is 0 Å². The fourth-order valence-corrected chi connectivity index (χ4v) is 2.93. The second-order valence-corrected chi connectivity index (χ2v) is 7.09. The first-order valence-corrected chi connectivity index (χ1v) is 9.84. The van der Waals surface area contributed by atoms with Crippen molar-refractivity contribution >= 4 is 28.3 Å². The van der Waals surface area contributed by atoms with E-state index in [0.29, 0.717) is 17.0 Å². The lowest BCUT2D eigenvalue weighted by atomic mass is 10.1. The third kappa shape index (κ3) is 5.13.